The number of ether oxygens (including phenoxy) is 1. The summed E-state index contributed by atoms with van der Waals surface area (Å²) in [6, 6.07) is 5.42. The summed E-state index contributed by atoms with van der Waals surface area (Å²) in [5, 5.41) is 5.03. The van der Waals surface area contributed by atoms with E-state index in [1.807, 2.05) is 33.0 Å². The van der Waals surface area contributed by atoms with Gasteiger partial charge < -0.3 is 4.74 Å². The third kappa shape index (κ3) is 3.27. The fraction of sp³-hybridized carbons (Fsp3) is 0.375. The van der Waals surface area contributed by atoms with Crippen LogP contribution in [0.1, 0.15) is 41.2 Å². The molecule has 1 aromatic carbocycles. The second-order valence-electron chi connectivity index (χ2n) is 5.01. The molecule has 21 heavy (non-hydrogen) atoms. The molecule has 0 saturated heterocycles. The molecule has 0 unspecified atom stereocenters. The first-order valence-electron chi connectivity index (χ1n) is 6.88. The molecule has 0 aliphatic carbocycles. The van der Waals surface area contributed by atoms with E-state index in [-0.39, 0.29) is 5.78 Å². The van der Waals surface area contributed by atoms with Crippen LogP contribution in [0, 0.1) is 6.92 Å². The fourth-order valence-electron chi connectivity index (χ4n) is 2.15. The zero-order valence-electron chi connectivity index (χ0n) is 12.7. The van der Waals surface area contributed by atoms with Crippen LogP contribution in [0.5, 0.6) is 5.75 Å². The molecular weight excluding hydrogens is 288 g/mol. The Hall–Kier alpha value is -1.81. The van der Waals surface area contributed by atoms with Crippen molar-refractivity contribution in [2.45, 2.75) is 33.8 Å². The fourth-order valence-corrected chi connectivity index (χ4v) is 2.50. The number of rotatable bonds is 5. The third-order valence-corrected chi connectivity index (χ3v) is 3.89. The lowest BCUT2D eigenvalue weighted by Crippen LogP contribution is -2.04. The Morgan fingerprint density at radius 1 is 1.43 bits per heavy atom. The van der Waals surface area contributed by atoms with E-state index in [2.05, 4.69) is 5.10 Å². The molecule has 2 rings (SSSR count). The molecule has 0 bridgehead atoms. The number of aromatic nitrogens is 2. The Balaban J connectivity index is 2.17. The largest absolute Gasteiger partial charge is 0.487 e. The molecule has 0 N–H and O–H groups in total. The molecule has 2 aromatic rings. The lowest BCUT2D eigenvalue weighted by molar-refractivity contribution is 0.101. The van der Waals surface area contributed by atoms with Gasteiger partial charge in [-0.2, -0.15) is 5.10 Å². The summed E-state index contributed by atoms with van der Waals surface area (Å²) in [5.74, 6) is 0.794. The van der Waals surface area contributed by atoms with E-state index in [9.17, 15) is 4.79 Å². The van der Waals surface area contributed by atoms with Crippen molar-refractivity contribution in [3.8, 4) is 5.75 Å². The van der Waals surface area contributed by atoms with Gasteiger partial charge in [0, 0.05) is 12.6 Å². The maximum absolute atomic E-state index is 11.3. The van der Waals surface area contributed by atoms with Crippen molar-refractivity contribution >= 4 is 17.4 Å². The van der Waals surface area contributed by atoms with Gasteiger partial charge in [0.15, 0.2) is 5.78 Å². The number of carbonyl (C=O) groups excluding carboxylic acids is 1. The Kier molecular flexibility index (Phi) is 4.68. The Labute approximate surface area is 129 Å². The zero-order chi connectivity index (χ0) is 15.6. The van der Waals surface area contributed by atoms with E-state index >= 15 is 0 Å². The molecule has 1 aromatic heterocycles. The van der Waals surface area contributed by atoms with Gasteiger partial charge in [-0.1, -0.05) is 18.5 Å². The second-order valence-corrected chi connectivity index (χ2v) is 5.39. The number of halogens is 1. The Morgan fingerprint density at radius 2 is 2.14 bits per heavy atom. The van der Waals surface area contributed by atoms with Crippen LogP contribution in [0.15, 0.2) is 18.2 Å². The first-order chi connectivity index (χ1) is 9.93. The highest BCUT2D eigenvalue weighted by Crippen LogP contribution is 2.24. The minimum absolute atomic E-state index is 0.0481. The van der Waals surface area contributed by atoms with Crippen LogP contribution in [-0.4, -0.2) is 15.6 Å². The minimum atomic E-state index is 0.0481. The van der Waals surface area contributed by atoms with Gasteiger partial charge in [0.2, 0.25) is 0 Å². The summed E-state index contributed by atoms with van der Waals surface area (Å²) in [5.41, 5.74) is 3.34. The standard InChI is InChI=1S/C16H19ClN2O2/c1-5-13-16(17)14(19(4)18-13)9-21-15-7-6-12(11(3)20)8-10(15)2/h6-8H,5,9H2,1-4H3. The average molecular weight is 307 g/mol. The van der Waals surface area contributed by atoms with Crippen molar-refractivity contribution in [3.63, 3.8) is 0 Å². The van der Waals surface area contributed by atoms with Gasteiger partial charge in [0.05, 0.1) is 16.4 Å². The van der Waals surface area contributed by atoms with Crippen molar-refractivity contribution in [3.05, 3.63) is 45.7 Å². The summed E-state index contributed by atoms with van der Waals surface area (Å²) in [6.07, 6.45) is 0.791. The van der Waals surface area contributed by atoms with E-state index < -0.39 is 0 Å². The van der Waals surface area contributed by atoms with Gasteiger partial charge in [-0.25, -0.2) is 0 Å². The first-order valence-corrected chi connectivity index (χ1v) is 7.26. The van der Waals surface area contributed by atoms with Crippen LogP contribution in [0.4, 0.5) is 0 Å². The predicted octanol–water partition coefficient (Wildman–Crippen LogP) is 3.73. The van der Waals surface area contributed by atoms with Crippen LogP contribution in [-0.2, 0) is 20.1 Å². The molecule has 0 amide bonds. The summed E-state index contributed by atoms with van der Waals surface area (Å²) >= 11 is 6.29. The molecule has 0 aliphatic rings. The number of benzene rings is 1. The highest BCUT2D eigenvalue weighted by molar-refractivity contribution is 6.31. The van der Waals surface area contributed by atoms with E-state index in [1.165, 1.54) is 0 Å². The summed E-state index contributed by atoms with van der Waals surface area (Å²) in [7, 11) is 1.86. The van der Waals surface area contributed by atoms with Gasteiger partial charge in [-0.3, -0.25) is 9.48 Å². The topological polar surface area (TPSA) is 44.1 Å². The van der Waals surface area contributed by atoms with E-state index in [1.54, 1.807) is 17.7 Å². The number of hydrogen-bond acceptors (Lipinski definition) is 3. The normalized spacial score (nSPS) is 10.7. The molecule has 0 atom stereocenters. The number of ketones is 1. The molecule has 4 nitrogen and oxygen atoms in total. The van der Waals surface area contributed by atoms with Crippen LogP contribution in [0.2, 0.25) is 5.02 Å². The number of aryl methyl sites for hydroxylation is 3. The lowest BCUT2D eigenvalue weighted by Gasteiger charge is -2.10. The van der Waals surface area contributed by atoms with Gasteiger partial charge in [0.1, 0.15) is 12.4 Å². The molecule has 5 heteroatoms. The predicted molar refractivity (Wildman–Crippen MR) is 83.1 cm³/mol. The number of nitrogens with zero attached hydrogens (tertiary/aromatic N) is 2. The van der Waals surface area contributed by atoms with Crippen molar-refractivity contribution < 1.29 is 9.53 Å². The van der Waals surface area contributed by atoms with Gasteiger partial charge in [0.25, 0.3) is 0 Å². The lowest BCUT2D eigenvalue weighted by atomic mass is 10.1. The average Bonchev–Trinajstić information content (AvgIpc) is 2.72. The van der Waals surface area contributed by atoms with Gasteiger partial charge in [-0.15, -0.1) is 0 Å². The minimum Gasteiger partial charge on any atom is -0.487 e. The highest BCUT2D eigenvalue weighted by atomic mass is 35.5. The van der Waals surface area contributed by atoms with Gasteiger partial charge >= 0.3 is 0 Å². The van der Waals surface area contributed by atoms with E-state index in [0.717, 1.165) is 29.1 Å². The van der Waals surface area contributed by atoms with Crippen molar-refractivity contribution in [2.24, 2.45) is 7.05 Å². The smallest absolute Gasteiger partial charge is 0.159 e. The molecule has 0 fully saturated rings. The molecule has 112 valence electrons. The number of hydrogen-bond donors (Lipinski definition) is 0. The maximum atomic E-state index is 11.3. The Morgan fingerprint density at radius 3 is 2.67 bits per heavy atom. The summed E-state index contributed by atoms with van der Waals surface area (Å²) in [6.45, 7) is 5.84. The van der Waals surface area contributed by atoms with Crippen molar-refractivity contribution in [2.75, 3.05) is 0 Å². The Bertz CT molecular complexity index is 677. The molecule has 0 spiro atoms. The van der Waals surface area contributed by atoms with E-state index in [0.29, 0.717) is 17.2 Å². The quantitative estimate of drug-likeness (QED) is 0.791. The summed E-state index contributed by atoms with van der Waals surface area (Å²) < 4.78 is 7.57. The van der Waals surface area contributed by atoms with Crippen LogP contribution in [0.25, 0.3) is 0 Å². The van der Waals surface area contributed by atoms with E-state index in [4.69, 9.17) is 16.3 Å². The SMILES string of the molecule is CCc1nn(C)c(COc2ccc(C(C)=O)cc2C)c1Cl. The molecule has 0 saturated carbocycles. The van der Waals surface area contributed by atoms with Gasteiger partial charge in [-0.05, 0) is 44.0 Å². The van der Waals surface area contributed by atoms with Crippen LogP contribution < -0.4 is 4.74 Å². The molecule has 1 heterocycles. The molecular formula is C16H19ClN2O2. The van der Waals surface area contributed by atoms with Crippen molar-refractivity contribution in [1.82, 2.24) is 9.78 Å². The summed E-state index contributed by atoms with van der Waals surface area (Å²) in [4.78, 5) is 11.3. The second kappa shape index (κ2) is 6.31. The maximum Gasteiger partial charge on any atom is 0.159 e. The number of carbonyl (C=O) groups is 1. The van der Waals surface area contributed by atoms with Crippen LogP contribution >= 0.6 is 11.6 Å². The first kappa shape index (κ1) is 15.6. The molecule has 0 radical (unpaired) electrons. The number of Topliss-reactive ketones (excluding diaryl/α,β-unsaturated/α-hetero) is 1. The third-order valence-electron chi connectivity index (χ3n) is 3.45. The van der Waals surface area contributed by atoms with Crippen molar-refractivity contribution in [1.29, 1.82) is 0 Å². The van der Waals surface area contributed by atoms with Crippen LogP contribution in [0.3, 0.4) is 0 Å². The zero-order valence-corrected chi connectivity index (χ0v) is 13.5. The molecule has 0 aliphatic heterocycles. The highest BCUT2D eigenvalue weighted by Gasteiger charge is 2.14. The monoisotopic (exact) mass is 306 g/mol.